The number of hydrogen-bond acceptors (Lipinski definition) is 12. The maximum absolute atomic E-state index is 9.90. The van der Waals surface area contributed by atoms with Gasteiger partial charge in [-0.25, -0.2) is 4.85 Å². The van der Waals surface area contributed by atoms with Crippen molar-refractivity contribution in [2.45, 2.75) is 65.2 Å². The van der Waals surface area contributed by atoms with Gasteiger partial charge in [-0.2, -0.15) is 5.26 Å². The van der Waals surface area contributed by atoms with E-state index in [1.807, 2.05) is 55.5 Å². The first-order chi connectivity index (χ1) is 31.9. The molecule has 0 fully saturated rings. The third-order valence-corrected chi connectivity index (χ3v) is 11.6. The number of hydrogen-bond donors (Lipinski definition) is 5. The molecule has 4 aromatic carbocycles. The maximum atomic E-state index is 9.90. The summed E-state index contributed by atoms with van der Waals surface area (Å²) in [7, 11) is 0. The van der Waals surface area contributed by atoms with Crippen LogP contribution in [0.15, 0.2) is 110 Å². The molecule has 0 saturated heterocycles. The number of nitriles is 1. The summed E-state index contributed by atoms with van der Waals surface area (Å²) < 4.78 is 25.0. The Morgan fingerprint density at radius 2 is 1.15 bits per heavy atom. The second-order valence-corrected chi connectivity index (χ2v) is 17.4. The van der Waals surface area contributed by atoms with E-state index >= 15 is 0 Å². The summed E-state index contributed by atoms with van der Waals surface area (Å²) in [6, 6.07) is 28.4. The Kier molecular flexibility index (Phi) is 17.3. The topological polar surface area (TPSA) is 184 Å². The first-order valence-electron chi connectivity index (χ1n) is 21.1. The van der Waals surface area contributed by atoms with Crippen LogP contribution in [0.4, 0.5) is 5.69 Å². The standard InChI is InChI=1S/C51H51Cl2N5O8/c1-50(30-59,31-60)11-10-41-16-44(52)48(18-46(41)63-29-38-15-43(55-3)25-57-23-38)65-26-34-6-4-8-39(13-34)40-9-5-7-35(14-40)27-66-49-19-47(64-28-37-12-36(20-54)21-56-22-37)42(17-45(49)53)24-58-51(2,32-61)33-62/h4-9,12-19,21-23,25,58-62H,10-11,24,26-33H2,1-2H3. The van der Waals surface area contributed by atoms with Gasteiger partial charge < -0.3 is 44.7 Å². The van der Waals surface area contributed by atoms with Gasteiger partial charge in [-0.1, -0.05) is 66.5 Å². The van der Waals surface area contributed by atoms with E-state index in [4.69, 9.17) is 48.7 Å². The molecule has 0 bridgehead atoms. The van der Waals surface area contributed by atoms with Crippen LogP contribution in [-0.2, 0) is 39.4 Å². The number of benzene rings is 4. The minimum absolute atomic E-state index is 0.117. The molecule has 0 aliphatic carbocycles. The fraction of sp³-hybridized carbons (Fsp3) is 0.294. The molecule has 0 aliphatic heterocycles. The summed E-state index contributed by atoms with van der Waals surface area (Å²) in [5.74, 6) is 1.78. The van der Waals surface area contributed by atoms with Crippen LogP contribution in [-0.4, -0.2) is 62.4 Å². The molecular weight excluding hydrogens is 881 g/mol. The van der Waals surface area contributed by atoms with E-state index in [0.29, 0.717) is 68.3 Å². The molecule has 13 nitrogen and oxygen atoms in total. The molecule has 0 aliphatic rings. The highest BCUT2D eigenvalue weighted by Gasteiger charge is 2.25. The fourth-order valence-corrected chi connectivity index (χ4v) is 7.14. The predicted molar refractivity (Wildman–Crippen MR) is 252 cm³/mol. The second kappa shape index (κ2) is 23.3. The number of ether oxygens (including phenoxy) is 4. The van der Waals surface area contributed by atoms with Gasteiger partial charge in [-0.05, 0) is 89.5 Å². The predicted octanol–water partition coefficient (Wildman–Crippen LogP) is 8.95. The summed E-state index contributed by atoms with van der Waals surface area (Å²) in [6.07, 6.45) is 7.18. The van der Waals surface area contributed by atoms with E-state index in [0.717, 1.165) is 33.4 Å². The lowest BCUT2D eigenvalue weighted by Crippen LogP contribution is -2.48. The van der Waals surface area contributed by atoms with Gasteiger partial charge in [-0.15, -0.1) is 0 Å². The van der Waals surface area contributed by atoms with Crippen LogP contribution in [0, 0.1) is 23.3 Å². The van der Waals surface area contributed by atoms with E-state index in [1.54, 1.807) is 55.7 Å². The summed E-state index contributed by atoms with van der Waals surface area (Å²) in [4.78, 5) is 11.7. The van der Waals surface area contributed by atoms with Crippen molar-refractivity contribution < 1.29 is 39.4 Å². The van der Waals surface area contributed by atoms with Crippen molar-refractivity contribution in [2.75, 3.05) is 26.4 Å². The van der Waals surface area contributed by atoms with Crippen molar-refractivity contribution >= 4 is 28.9 Å². The Morgan fingerprint density at radius 1 is 0.636 bits per heavy atom. The zero-order valence-corrected chi connectivity index (χ0v) is 38.1. The van der Waals surface area contributed by atoms with Crippen molar-refractivity contribution in [1.29, 1.82) is 5.26 Å². The van der Waals surface area contributed by atoms with Gasteiger partial charge in [-0.3, -0.25) is 9.97 Å². The second-order valence-electron chi connectivity index (χ2n) is 16.6. The summed E-state index contributed by atoms with van der Waals surface area (Å²) in [5, 5.41) is 52.7. The van der Waals surface area contributed by atoms with Gasteiger partial charge in [0.1, 0.15) is 55.5 Å². The first-order valence-corrected chi connectivity index (χ1v) is 21.8. The molecule has 6 aromatic rings. The summed E-state index contributed by atoms with van der Waals surface area (Å²) >= 11 is 13.6. The Hall–Kier alpha value is -6.26. The molecule has 0 spiro atoms. The van der Waals surface area contributed by atoms with Gasteiger partial charge in [0.05, 0.1) is 54.1 Å². The van der Waals surface area contributed by atoms with Crippen LogP contribution in [0.25, 0.3) is 16.0 Å². The van der Waals surface area contributed by atoms with E-state index in [9.17, 15) is 25.7 Å². The number of nitrogens with zero attached hydrogens (tertiary/aromatic N) is 4. The molecule has 0 radical (unpaired) electrons. The van der Waals surface area contributed by atoms with Crippen LogP contribution in [0.2, 0.25) is 10.0 Å². The monoisotopic (exact) mass is 931 g/mol. The molecule has 342 valence electrons. The third kappa shape index (κ3) is 13.4. The largest absolute Gasteiger partial charge is 0.488 e. The van der Waals surface area contributed by atoms with Crippen LogP contribution in [0.1, 0.15) is 59.2 Å². The summed E-state index contributed by atoms with van der Waals surface area (Å²) in [6.45, 7) is 10.8. The quantitative estimate of drug-likeness (QED) is 0.0385. The van der Waals surface area contributed by atoms with Gasteiger partial charge >= 0.3 is 0 Å². The molecule has 2 heterocycles. The summed E-state index contributed by atoms with van der Waals surface area (Å²) in [5.41, 5.74) is 5.72. The number of aryl methyl sites for hydroxylation is 1. The molecule has 15 heteroatoms. The van der Waals surface area contributed by atoms with Gasteiger partial charge in [0.25, 0.3) is 0 Å². The first kappa shape index (κ1) is 49.2. The minimum Gasteiger partial charge on any atom is -0.488 e. The molecule has 0 saturated carbocycles. The van der Waals surface area contributed by atoms with E-state index < -0.39 is 11.0 Å². The van der Waals surface area contributed by atoms with Crippen LogP contribution in [0.3, 0.4) is 0 Å². The highest BCUT2D eigenvalue weighted by molar-refractivity contribution is 6.32. The van der Waals surface area contributed by atoms with Crippen molar-refractivity contribution in [3.8, 4) is 40.2 Å². The van der Waals surface area contributed by atoms with Crippen molar-refractivity contribution in [3.05, 3.63) is 170 Å². The van der Waals surface area contributed by atoms with E-state index in [-0.39, 0.29) is 59.4 Å². The Labute approximate surface area is 394 Å². The Bertz CT molecular complexity index is 2500. The van der Waals surface area contributed by atoms with Crippen LogP contribution in [0.5, 0.6) is 23.0 Å². The number of aliphatic hydroxyl groups excluding tert-OH is 4. The number of halogens is 2. The van der Waals surface area contributed by atoms with Crippen LogP contribution >= 0.6 is 23.2 Å². The Morgan fingerprint density at radius 3 is 1.70 bits per heavy atom. The number of rotatable bonds is 23. The maximum Gasteiger partial charge on any atom is 0.205 e. The van der Waals surface area contributed by atoms with Crippen LogP contribution < -0.4 is 24.3 Å². The molecular formula is C51H51Cl2N5O8. The zero-order valence-electron chi connectivity index (χ0n) is 36.6. The average molecular weight is 933 g/mol. The minimum atomic E-state index is -0.942. The highest BCUT2D eigenvalue weighted by Crippen LogP contribution is 2.37. The molecule has 6 rings (SSSR count). The van der Waals surface area contributed by atoms with Crippen molar-refractivity contribution in [1.82, 2.24) is 15.3 Å². The number of aliphatic hydroxyl groups is 4. The molecule has 2 aromatic heterocycles. The highest BCUT2D eigenvalue weighted by atomic mass is 35.5. The molecule has 66 heavy (non-hydrogen) atoms. The molecule has 0 amide bonds. The lowest BCUT2D eigenvalue weighted by atomic mass is 9.85. The third-order valence-electron chi connectivity index (χ3n) is 11.0. The normalized spacial score (nSPS) is 11.4. The zero-order chi connectivity index (χ0) is 47.1. The molecule has 5 N–H and O–H groups in total. The number of nitrogens with one attached hydrogen (secondary N) is 1. The van der Waals surface area contributed by atoms with Crippen molar-refractivity contribution in [3.63, 3.8) is 0 Å². The average Bonchev–Trinajstić information content (AvgIpc) is 3.36. The lowest BCUT2D eigenvalue weighted by Gasteiger charge is -2.27. The van der Waals surface area contributed by atoms with Gasteiger partial charge in [0, 0.05) is 60.0 Å². The fourth-order valence-electron chi connectivity index (χ4n) is 6.66. The Balaban J connectivity index is 1.16. The van der Waals surface area contributed by atoms with Gasteiger partial charge in [0.2, 0.25) is 5.69 Å². The van der Waals surface area contributed by atoms with Gasteiger partial charge in [0.15, 0.2) is 0 Å². The molecule has 0 atom stereocenters. The smallest absolute Gasteiger partial charge is 0.205 e. The lowest BCUT2D eigenvalue weighted by molar-refractivity contribution is 0.0629. The van der Waals surface area contributed by atoms with Crippen molar-refractivity contribution in [2.24, 2.45) is 5.41 Å². The molecule has 0 unspecified atom stereocenters. The van der Waals surface area contributed by atoms with E-state index in [1.165, 1.54) is 12.4 Å². The number of pyridine rings is 2. The number of aromatic nitrogens is 2. The SMILES string of the molecule is [C-]#[N+]c1cncc(COc2cc(OCc3cccc(-c4cccc(COc5cc(OCc6cncc(C#N)c6)c(CNC(C)(CO)CO)cc5Cl)c4)c3)c(Cl)cc2CCC(C)(CO)CO)c1. The van der Waals surface area contributed by atoms with E-state index in [2.05, 4.69) is 26.2 Å².